The molecule has 0 saturated heterocycles. The Morgan fingerprint density at radius 3 is 2.70 bits per heavy atom. The maximum atomic E-state index is 12.1. The zero-order valence-corrected chi connectivity index (χ0v) is 15.4. The van der Waals surface area contributed by atoms with E-state index in [2.05, 4.69) is 10.6 Å². The second-order valence-electron chi connectivity index (χ2n) is 6.49. The molecule has 2 aromatic rings. The quantitative estimate of drug-likeness (QED) is 0.707. The third kappa shape index (κ3) is 4.49. The molecule has 1 atom stereocenters. The number of phenolic OH excluding ortho intramolecular Hbond substituents is 1. The smallest absolute Gasteiger partial charge is 0.319 e. The molecule has 7 heteroatoms. The molecule has 0 spiro atoms. The average molecular weight is 369 g/mol. The molecule has 27 heavy (non-hydrogen) atoms. The van der Waals surface area contributed by atoms with E-state index in [4.69, 9.17) is 4.74 Å². The molecule has 0 radical (unpaired) electrons. The molecule has 3 rings (SSSR count). The topological polar surface area (TPSA) is 90.9 Å². The summed E-state index contributed by atoms with van der Waals surface area (Å²) in [4.78, 5) is 25.6. The van der Waals surface area contributed by atoms with Gasteiger partial charge >= 0.3 is 6.03 Å². The van der Waals surface area contributed by atoms with Gasteiger partial charge in [0.15, 0.2) is 6.10 Å². The van der Waals surface area contributed by atoms with Crippen LogP contribution in [0.5, 0.6) is 11.5 Å². The van der Waals surface area contributed by atoms with Crippen molar-refractivity contribution >= 4 is 23.3 Å². The SMILES string of the molecule is CC1Oc2ccc(NC(=O)NCCCc3ccc(O)cc3)cc2N(C)C1=O. The van der Waals surface area contributed by atoms with E-state index in [1.807, 2.05) is 12.1 Å². The van der Waals surface area contributed by atoms with Crippen molar-refractivity contribution in [1.29, 1.82) is 0 Å². The van der Waals surface area contributed by atoms with E-state index in [1.165, 1.54) is 4.90 Å². The Balaban J connectivity index is 1.49. The first-order valence-corrected chi connectivity index (χ1v) is 8.85. The third-order valence-electron chi connectivity index (χ3n) is 4.42. The van der Waals surface area contributed by atoms with Gasteiger partial charge in [0.05, 0.1) is 5.69 Å². The minimum atomic E-state index is -0.516. The van der Waals surface area contributed by atoms with E-state index in [1.54, 1.807) is 44.3 Å². The number of amides is 3. The van der Waals surface area contributed by atoms with Crippen molar-refractivity contribution in [2.45, 2.75) is 25.9 Å². The molecule has 3 amide bonds. The molecule has 1 aliphatic heterocycles. The number of aromatic hydroxyl groups is 1. The van der Waals surface area contributed by atoms with Crippen molar-refractivity contribution in [3.8, 4) is 11.5 Å². The monoisotopic (exact) mass is 369 g/mol. The van der Waals surface area contributed by atoms with Gasteiger partial charge in [-0.25, -0.2) is 4.79 Å². The van der Waals surface area contributed by atoms with E-state index < -0.39 is 6.10 Å². The molecular weight excluding hydrogens is 346 g/mol. The molecule has 1 unspecified atom stereocenters. The number of hydrogen-bond donors (Lipinski definition) is 3. The van der Waals surface area contributed by atoms with Crippen molar-refractivity contribution in [3.05, 3.63) is 48.0 Å². The van der Waals surface area contributed by atoms with E-state index in [9.17, 15) is 14.7 Å². The Labute approximate surface area is 157 Å². The van der Waals surface area contributed by atoms with E-state index in [0.29, 0.717) is 23.7 Å². The summed E-state index contributed by atoms with van der Waals surface area (Å²) in [6, 6.07) is 11.9. The average Bonchev–Trinajstić information content (AvgIpc) is 2.65. The Bertz CT molecular complexity index is 836. The fourth-order valence-corrected chi connectivity index (χ4v) is 2.92. The summed E-state index contributed by atoms with van der Waals surface area (Å²) in [5, 5.41) is 14.8. The lowest BCUT2D eigenvalue weighted by atomic mass is 10.1. The number of rotatable bonds is 5. The Morgan fingerprint density at radius 1 is 1.22 bits per heavy atom. The van der Waals surface area contributed by atoms with Gasteiger partial charge in [0.1, 0.15) is 11.5 Å². The lowest BCUT2D eigenvalue weighted by Crippen LogP contribution is -2.42. The summed E-state index contributed by atoms with van der Waals surface area (Å²) >= 11 is 0. The van der Waals surface area contributed by atoms with Crippen LogP contribution in [0.25, 0.3) is 0 Å². The number of carbonyl (C=O) groups excluding carboxylic acids is 2. The Hall–Kier alpha value is -3.22. The number of ether oxygens (including phenoxy) is 1. The summed E-state index contributed by atoms with van der Waals surface area (Å²) in [7, 11) is 1.69. The fraction of sp³-hybridized carbons (Fsp3) is 0.300. The zero-order chi connectivity index (χ0) is 19.4. The number of benzene rings is 2. The lowest BCUT2D eigenvalue weighted by molar-refractivity contribution is -0.125. The van der Waals surface area contributed by atoms with Gasteiger partial charge in [0.25, 0.3) is 5.91 Å². The molecule has 7 nitrogen and oxygen atoms in total. The number of anilines is 2. The standard InChI is InChI=1S/C20H23N3O4/c1-13-19(25)23(2)17-12-15(7-10-18(17)27-13)22-20(26)21-11-3-4-14-5-8-16(24)9-6-14/h5-10,12-13,24H,3-4,11H2,1-2H3,(H2,21,22,26). The zero-order valence-electron chi connectivity index (χ0n) is 15.4. The number of carbonyl (C=O) groups is 2. The Kier molecular flexibility index (Phi) is 5.49. The number of aryl methyl sites for hydroxylation is 1. The van der Waals surface area contributed by atoms with Crippen molar-refractivity contribution in [1.82, 2.24) is 5.32 Å². The maximum absolute atomic E-state index is 12.1. The van der Waals surface area contributed by atoms with Gasteiger partial charge in [-0.1, -0.05) is 12.1 Å². The third-order valence-corrected chi connectivity index (χ3v) is 4.42. The van der Waals surface area contributed by atoms with Gasteiger partial charge in [0.2, 0.25) is 0 Å². The van der Waals surface area contributed by atoms with E-state index >= 15 is 0 Å². The number of likely N-dealkylation sites (N-methyl/N-ethyl adjacent to an activating group) is 1. The van der Waals surface area contributed by atoms with Crippen LogP contribution in [0, 0.1) is 0 Å². The highest BCUT2D eigenvalue weighted by Gasteiger charge is 2.29. The minimum Gasteiger partial charge on any atom is -0.508 e. The first-order chi connectivity index (χ1) is 12.9. The van der Waals surface area contributed by atoms with E-state index in [0.717, 1.165) is 18.4 Å². The van der Waals surface area contributed by atoms with Gasteiger partial charge < -0.3 is 25.4 Å². The molecule has 0 saturated carbocycles. The highest BCUT2D eigenvalue weighted by molar-refractivity contribution is 6.00. The second kappa shape index (κ2) is 7.99. The summed E-state index contributed by atoms with van der Waals surface area (Å²) in [5.74, 6) is 0.733. The molecule has 0 aromatic heterocycles. The van der Waals surface area contributed by atoms with Gasteiger partial charge in [0, 0.05) is 19.3 Å². The number of hydrogen-bond acceptors (Lipinski definition) is 4. The summed E-state index contributed by atoms with van der Waals surface area (Å²) < 4.78 is 5.57. The highest BCUT2D eigenvalue weighted by atomic mass is 16.5. The molecule has 2 aromatic carbocycles. The fourth-order valence-electron chi connectivity index (χ4n) is 2.92. The second-order valence-corrected chi connectivity index (χ2v) is 6.49. The van der Waals surface area contributed by atoms with Crippen LogP contribution in [0.1, 0.15) is 18.9 Å². The summed E-state index contributed by atoms with van der Waals surface area (Å²) in [6.07, 6.45) is 1.07. The van der Waals surface area contributed by atoms with Crippen LogP contribution >= 0.6 is 0 Å². The number of fused-ring (bicyclic) bond motifs is 1. The number of nitrogens with one attached hydrogen (secondary N) is 2. The van der Waals surface area contributed by atoms with Crippen LogP contribution in [0.2, 0.25) is 0 Å². The molecule has 0 fully saturated rings. The predicted octanol–water partition coefficient (Wildman–Crippen LogP) is 2.89. The summed E-state index contributed by atoms with van der Waals surface area (Å²) in [5.41, 5.74) is 2.32. The molecule has 1 aliphatic rings. The lowest BCUT2D eigenvalue weighted by Gasteiger charge is -2.30. The van der Waals surface area contributed by atoms with Crippen LogP contribution < -0.4 is 20.3 Å². The largest absolute Gasteiger partial charge is 0.508 e. The van der Waals surface area contributed by atoms with Crippen molar-refractivity contribution in [2.75, 3.05) is 23.8 Å². The molecule has 0 bridgehead atoms. The molecule has 142 valence electrons. The van der Waals surface area contributed by atoms with Crippen molar-refractivity contribution in [2.24, 2.45) is 0 Å². The van der Waals surface area contributed by atoms with E-state index in [-0.39, 0.29) is 17.7 Å². The number of nitrogens with zero attached hydrogens (tertiary/aromatic N) is 1. The van der Waals surface area contributed by atoms with Crippen LogP contribution in [0.15, 0.2) is 42.5 Å². The highest BCUT2D eigenvalue weighted by Crippen LogP contribution is 2.35. The first kappa shape index (κ1) is 18.6. The first-order valence-electron chi connectivity index (χ1n) is 8.85. The number of phenols is 1. The molecular formula is C20H23N3O4. The predicted molar refractivity (Wildman–Crippen MR) is 103 cm³/mol. The normalized spacial score (nSPS) is 15.7. The summed E-state index contributed by atoms with van der Waals surface area (Å²) in [6.45, 7) is 2.23. The van der Waals surface area contributed by atoms with Crippen LogP contribution in [-0.2, 0) is 11.2 Å². The van der Waals surface area contributed by atoms with Crippen LogP contribution in [0.4, 0.5) is 16.2 Å². The van der Waals surface area contributed by atoms with Crippen molar-refractivity contribution in [3.63, 3.8) is 0 Å². The molecule has 3 N–H and O–H groups in total. The number of urea groups is 1. The van der Waals surface area contributed by atoms with Gasteiger partial charge in [-0.2, -0.15) is 0 Å². The minimum absolute atomic E-state index is 0.127. The maximum Gasteiger partial charge on any atom is 0.319 e. The van der Waals surface area contributed by atoms with Gasteiger partial charge in [-0.3, -0.25) is 4.79 Å². The molecule has 0 aliphatic carbocycles. The van der Waals surface area contributed by atoms with Crippen LogP contribution in [0.3, 0.4) is 0 Å². The molecule has 1 heterocycles. The van der Waals surface area contributed by atoms with Gasteiger partial charge in [-0.15, -0.1) is 0 Å². The van der Waals surface area contributed by atoms with Crippen molar-refractivity contribution < 1.29 is 19.4 Å². The van der Waals surface area contributed by atoms with Crippen LogP contribution in [-0.4, -0.2) is 36.7 Å². The van der Waals surface area contributed by atoms with Gasteiger partial charge in [-0.05, 0) is 55.7 Å². The Morgan fingerprint density at radius 2 is 1.96 bits per heavy atom.